The first-order valence-corrected chi connectivity index (χ1v) is 10.6. The summed E-state index contributed by atoms with van der Waals surface area (Å²) in [6.45, 7) is 4.42. The fourth-order valence-electron chi connectivity index (χ4n) is 3.50. The van der Waals surface area contributed by atoms with Crippen molar-refractivity contribution in [3.8, 4) is 0 Å². The molecule has 1 aliphatic heterocycles. The smallest absolute Gasteiger partial charge is 0.229 e. The zero-order valence-electron chi connectivity index (χ0n) is 16.7. The van der Waals surface area contributed by atoms with E-state index < -0.39 is 0 Å². The van der Waals surface area contributed by atoms with Crippen LogP contribution >= 0.6 is 11.3 Å². The van der Waals surface area contributed by atoms with Crippen molar-refractivity contribution >= 4 is 34.2 Å². The lowest BCUT2D eigenvalue weighted by Crippen LogP contribution is -2.43. The highest BCUT2D eigenvalue weighted by Gasteiger charge is 2.29. The van der Waals surface area contributed by atoms with Gasteiger partial charge >= 0.3 is 0 Å². The quantitative estimate of drug-likeness (QED) is 0.760. The topological polar surface area (TPSA) is 91.4 Å². The van der Waals surface area contributed by atoms with Crippen molar-refractivity contribution in [3.63, 3.8) is 0 Å². The Morgan fingerprint density at radius 2 is 1.90 bits per heavy atom. The van der Waals surface area contributed by atoms with Crippen molar-refractivity contribution in [2.24, 2.45) is 5.92 Å². The summed E-state index contributed by atoms with van der Waals surface area (Å²) in [7, 11) is 0. The average Bonchev–Trinajstić information content (AvgIpc) is 3.12. The average molecular weight is 415 g/mol. The van der Waals surface area contributed by atoms with Gasteiger partial charge in [0, 0.05) is 31.3 Å². The van der Waals surface area contributed by atoms with E-state index in [1.807, 2.05) is 42.6 Å². The summed E-state index contributed by atoms with van der Waals surface area (Å²) in [6, 6.07) is 9.15. The number of nitrogens with zero attached hydrogens (tertiary/aromatic N) is 2. The van der Waals surface area contributed by atoms with Crippen LogP contribution in [0.5, 0.6) is 0 Å². The summed E-state index contributed by atoms with van der Waals surface area (Å²) >= 11 is 1.41. The number of hydrogen-bond donors (Lipinski definition) is 2. The van der Waals surface area contributed by atoms with E-state index in [-0.39, 0.29) is 36.1 Å². The SMILES string of the molecule is CC(=O)NC(CC(=O)N1CCC(C(=O)Nc2nc(C)cs2)CC1)c1ccccc1. The van der Waals surface area contributed by atoms with Gasteiger partial charge in [0.15, 0.2) is 5.13 Å². The molecule has 1 atom stereocenters. The predicted molar refractivity (Wildman–Crippen MR) is 112 cm³/mol. The van der Waals surface area contributed by atoms with E-state index in [0.717, 1.165) is 11.3 Å². The Balaban J connectivity index is 1.53. The minimum absolute atomic E-state index is 0.0120. The largest absolute Gasteiger partial charge is 0.349 e. The number of anilines is 1. The molecule has 0 aliphatic carbocycles. The number of carbonyl (C=O) groups excluding carboxylic acids is 3. The van der Waals surface area contributed by atoms with E-state index in [9.17, 15) is 14.4 Å². The Hall–Kier alpha value is -2.74. The number of carbonyl (C=O) groups is 3. The third kappa shape index (κ3) is 5.87. The van der Waals surface area contributed by atoms with Crippen LogP contribution in [0.15, 0.2) is 35.7 Å². The third-order valence-corrected chi connectivity index (χ3v) is 5.90. The van der Waals surface area contributed by atoms with Crippen LogP contribution in [0, 0.1) is 12.8 Å². The molecule has 1 saturated heterocycles. The molecule has 7 nitrogen and oxygen atoms in total. The van der Waals surface area contributed by atoms with Crippen molar-refractivity contribution in [1.29, 1.82) is 0 Å². The van der Waals surface area contributed by atoms with E-state index in [1.54, 1.807) is 4.90 Å². The molecule has 0 saturated carbocycles. The van der Waals surface area contributed by atoms with Gasteiger partial charge in [-0.25, -0.2) is 4.98 Å². The Kier molecular flexibility index (Phi) is 6.98. The van der Waals surface area contributed by atoms with Gasteiger partial charge in [-0.05, 0) is 25.3 Å². The molecule has 2 heterocycles. The maximum absolute atomic E-state index is 12.8. The minimum Gasteiger partial charge on any atom is -0.349 e. The summed E-state index contributed by atoms with van der Waals surface area (Å²) < 4.78 is 0. The summed E-state index contributed by atoms with van der Waals surface area (Å²) in [4.78, 5) is 42.9. The molecular weight excluding hydrogens is 388 g/mol. The number of aryl methyl sites for hydroxylation is 1. The number of likely N-dealkylation sites (tertiary alicyclic amines) is 1. The van der Waals surface area contributed by atoms with E-state index in [0.29, 0.717) is 31.1 Å². The Bertz CT molecular complexity index is 860. The van der Waals surface area contributed by atoms with Crippen LogP contribution in [0.4, 0.5) is 5.13 Å². The zero-order valence-corrected chi connectivity index (χ0v) is 17.5. The number of nitrogens with one attached hydrogen (secondary N) is 2. The van der Waals surface area contributed by atoms with Gasteiger partial charge < -0.3 is 15.5 Å². The summed E-state index contributed by atoms with van der Waals surface area (Å²) in [5.74, 6) is -0.336. The number of piperidine rings is 1. The summed E-state index contributed by atoms with van der Waals surface area (Å²) in [6.07, 6.45) is 1.45. The lowest BCUT2D eigenvalue weighted by atomic mass is 9.95. The molecule has 29 heavy (non-hydrogen) atoms. The molecule has 1 aromatic carbocycles. The lowest BCUT2D eigenvalue weighted by Gasteiger charge is -2.32. The first-order chi connectivity index (χ1) is 13.9. The Morgan fingerprint density at radius 1 is 1.21 bits per heavy atom. The van der Waals surface area contributed by atoms with Crippen molar-refractivity contribution in [1.82, 2.24) is 15.2 Å². The molecule has 3 amide bonds. The highest BCUT2D eigenvalue weighted by Crippen LogP contribution is 2.24. The first-order valence-electron chi connectivity index (χ1n) is 9.75. The second-order valence-corrected chi connectivity index (χ2v) is 8.16. The fourth-order valence-corrected chi connectivity index (χ4v) is 4.19. The number of amides is 3. The van der Waals surface area contributed by atoms with E-state index >= 15 is 0 Å². The zero-order chi connectivity index (χ0) is 20.8. The maximum Gasteiger partial charge on any atom is 0.229 e. The normalized spacial score (nSPS) is 15.6. The fraction of sp³-hybridized carbons (Fsp3) is 0.429. The van der Waals surface area contributed by atoms with Crippen molar-refractivity contribution < 1.29 is 14.4 Å². The Labute approximate surface area is 174 Å². The lowest BCUT2D eigenvalue weighted by molar-refractivity contribution is -0.135. The molecule has 1 aliphatic rings. The van der Waals surface area contributed by atoms with Gasteiger partial charge in [0.1, 0.15) is 0 Å². The summed E-state index contributed by atoms with van der Waals surface area (Å²) in [5, 5.41) is 8.25. The summed E-state index contributed by atoms with van der Waals surface area (Å²) in [5.41, 5.74) is 1.79. The molecule has 154 valence electrons. The van der Waals surface area contributed by atoms with E-state index in [4.69, 9.17) is 0 Å². The molecule has 2 aromatic rings. The molecule has 2 N–H and O–H groups in total. The van der Waals surface area contributed by atoms with Crippen molar-refractivity contribution in [3.05, 3.63) is 47.0 Å². The third-order valence-electron chi connectivity index (χ3n) is 5.03. The van der Waals surface area contributed by atoms with Gasteiger partial charge in [0.2, 0.25) is 17.7 Å². The first kappa shape index (κ1) is 21.0. The van der Waals surface area contributed by atoms with Crippen LogP contribution in [-0.4, -0.2) is 40.7 Å². The van der Waals surface area contributed by atoms with Gasteiger partial charge in [-0.1, -0.05) is 30.3 Å². The van der Waals surface area contributed by atoms with Crippen LogP contribution in [0.2, 0.25) is 0 Å². The Morgan fingerprint density at radius 3 is 2.48 bits per heavy atom. The van der Waals surface area contributed by atoms with Crippen LogP contribution < -0.4 is 10.6 Å². The number of aromatic nitrogens is 1. The molecule has 1 unspecified atom stereocenters. The monoisotopic (exact) mass is 414 g/mol. The number of thiazole rings is 1. The van der Waals surface area contributed by atoms with Crippen LogP contribution in [0.25, 0.3) is 0 Å². The maximum atomic E-state index is 12.8. The van der Waals surface area contributed by atoms with E-state index in [1.165, 1.54) is 18.3 Å². The second kappa shape index (κ2) is 9.65. The minimum atomic E-state index is -0.352. The molecule has 0 bridgehead atoms. The van der Waals surface area contributed by atoms with Crippen LogP contribution in [0.3, 0.4) is 0 Å². The molecule has 0 spiro atoms. The molecule has 8 heteroatoms. The van der Waals surface area contributed by atoms with Gasteiger partial charge in [0.05, 0.1) is 18.2 Å². The molecular formula is C21H26N4O3S. The highest BCUT2D eigenvalue weighted by atomic mass is 32.1. The van der Waals surface area contributed by atoms with Crippen LogP contribution in [0.1, 0.15) is 43.5 Å². The standard InChI is InChI=1S/C21H26N4O3S/c1-14-13-29-21(22-14)24-20(28)17-8-10-25(11-9-17)19(27)12-18(23-15(2)26)16-6-4-3-5-7-16/h3-7,13,17-18H,8-12H2,1-2H3,(H,23,26)(H,22,24,28). The highest BCUT2D eigenvalue weighted by molar-refractivity contribution is 7.13. The van der Waals surface area contributed by atoms with Crippen molar-refractivity contribution in [2.75, 3.05) is 18.4 Å². The second-order valence-electron chi connectivity index (χ2n) is 7.31. The van der Waals surface area contributed by atoms with Gasteiger partial charge in [-0.2, -0.15) is 0 Å². The molecule has 1 fully saturated rings. The molecule has 3 rings (SSSR count). The van der Waals surface area contributed by atoms with Gasteiger partial charge in [-0.3, -0.25) is 14.4 Å². The number of hydrogen-bond acceptors (Lipinski definition) is 5. The molecule has 1 aromatic heterocycles. The predicted octanol–water partition coefficient (Wildman–Crippen LogP) is 2.90. The number of rotatable bonds is 6. The van der Waals surface area contributed by atoms with E-state index in [2.05, 4.69) is 15.6 Å². The van der Waals surface area contributed by atoms with Crippen LogP contribution in [-0.2, 0) is 14.4 Å². The van der Waals surface area contributed by atoms with Crippen molar-refractivity contribution in [2.45, 2.75) is 39.2 Å². The number of benzene rings is 1. The molecule has 0 radical (unpaired) electrons. The van der Waals surface area contributed by atoms with Gasteiger partial charge in [-0.15, -0.1) is 11.3 Å². The van der Waals surface area contributed by atoms with Gasteiger partial charge in [0.25, 0.3) is 0 Å².